The van der Waals surface area contributed by atoms with E-state index in [1.54, 1.807) is 23.9 Å². The SMILES string of the molecule is NNc1nnc(CSc2ccc(F)cc2)s1. The van der Waals surface area contributed by atoms with Gasteiger partial charge in [-0.1, -0.05) is 11.3 Å². The van der Waals surface area contributed by atoms with Crippen LogP contribution in [0.4, 0.5) is 9.52 Å². The van der Waals surface area contributed by atoms with Gasteiger partial charge in [0.1, 0.15) is 10.8 Å². The highest BCUT2D eigenvalue weighted by atomic mass is 32.2. The predicted molar refractivity (Wildman–Crippen MR) is 63.7 cm³/mol. The molecule has 0 amide bonds. The number of hydrazine groups is 1. The highest BCUT2D eigenvalue weighted by molar-refractivity contribution is 7.98. The van der Waals surface area contributed by atoms with Crippen molar-refractivity contribution < 1.29 is 4.39 Å². The van der Waals surface area contributed by atoms with Crippen LogP contribution >= 0.6 is 23.1 Å². The Hall–Kier alpha value is -1.18. The van der Waals surface area contributed by atoms with E-state index in [0.717, 1.165) is 9.90 Å². The first-order valence-corrected chi connectivity index (χ1v) is 6.25. The highest BCUT2D eigenvalue weighted by Crippen LogP contribution is 2.25. The molecule has 0 unspecified atom stereocenters. The van der Waals surface area contributed by atoms with Gasteiger partial charge in [0.2, 0.25) is 5.13 Å². The van der Waals surface area contributed by atoms with Crippen molar-refractivity contribution in [1.82, 2.24) is 10.2 Å². The molecule has 84 valence electrons. The van der Waals surface area contributed by atoms with Crippen molar-refractivity contribution in [2.24, 2.45) is 5.84 Å². The summed E-state index contributed by atoms with van der Waals surface area (Å²) in [7, 11) is 0. The fourth-order valence-corrected chi connectivity index (χ4v) is 2.58. The number of nitrogens with zero attached hydrogens (tertiary/aromatic N) is 2. The smallest absolute Gasteiger partial charge is 0.219 e. The van der Waals surface area contributed by atoms with Crippen molar-refractivity contribution in [2.45, 2.75) is 10.6 Å². The number of halogens is 1. The van der Waals surface area contributed by atoms with Gasteiger partial charge in [-0.15, -0.1) is 22.0 Å². The second kappa shape index (κ2) is 5.24. The molecule has 2 rings (SSSR count). The van der Waals surface area contributed by atoms with Gasteiger partial charge in [-0.2, -0.15) is 0 Å². The molecule has 1 aromatic carbocycles. The summed E-state index contributed by atoms with van der Waals surface area (Å²) in [5.74, 6) is 5.67. The Kier molecular flexibility index (Phi) is 3.70. The second-order valence-electron chi connectivity index (χ2n) is 2.89. The number of hydrogen-bond acceptors (Lipinski definition) is 6. The highest BCUT2D eigenvalue weighted by Gasteiger charge is 2.03. The van der Waals surface area contributed by atoms with Crippen molar-refractivity contribution in [3.05, 3.63) is 35.1 Å². The largest absolute Gasteiger partial charge is 0.298 e. The van der Waals surface area contributed by atoms with E-state index < -0.39 is 0 Å². The van der Waals surface area contributed by atoms with E-state index in [4.69, 9.17) is 5.84 Å². The van der Waals surface area contributed by atoms with Crippen molar-refractivity contribution in [3.63, 3.8) is 0 Å². The Balaban J connectivity index is 1.94. The number of hydrogen-bond donors (Lipinski definition) is 2. The van der Waals surface area contributed by atoms with Gasteiger partial charge in [-0.05, 0) is 24.3 Å². The average molecular weight is 256 g/mol. The van der Waals surface area contributed by atoms with Crippen molar-refractivity contribution >= 4 is 28.2 Å². The molecule has 0 saturated heterocycles. The van der Waals surface area contributed by atoms with Gasteiger partial charge in [0.05, 0.1) is 5.75 Å². The van der Waals surface area contributed by atoms with E-state index in [9.17, 15) is 4.39 Å². The fraction of sp³-hybridized carbons (Fsp3) is 0.111. The van der Waals surface area contributed by atoms with Crippen LogP contribution in [0.5, 0.6) is 0 Å². The zero-order chi connectivity index (χ0) is 11.4. The normalized spacial score (nSPS) is 10.4. The molecular formula is C9H9FN4S2. The molecule has 0 saturated carbocycles. The molecule has 1 heterocycles. The lowest BCUT2D eigenvalue weighted by atomic mass is 10.4. The lowest BCUT2D eigenvalue weighted by molar-refractivity contribution is 0.626. The third kappa shape index (κ3) is 2.91. The maximum absolute atomic E-state index is 12.6. The van der Waals surface area contributed by atoms with Gasteiger partial charge in [-0.25, -0.2) is 10.2 Å². The third-order valence-corrected chi connectivity index (χ3v) is 3.83. The molecule has 0 radical (unpaired) electrons. The van der Waals surface area contributed by atoms with Crippen molar-refractivity contribution in [3.8, 4) is 0 Å². The Morgan fingerprint density at radius 3 is 2.69 bits per heavy atom. The minimum absolute atomic E-state index is 0.227. The molecule has 1 aromatic heterocycles. The molecule has 2 aromatic rings. The van der Waals surface area contributed by atoms with E-state index in [1.165, 1.54) is 23.5 Å². The van der Waals surface area contributed by atoms with Crippen LogP contribution in [0.1, 0.15) is 5.01 Å². The van der Waals surface area contributed by atoms with E-state index in [2.05, 4.69) is 15.6 Å². The molecule has 4 nitrogen and oxygen atoms in total. The average Bonchev–Trinajstić information content (AvgIpc) is 2.76. The Labute approximate surface area is 100 Å². The van der Waals surface area contributed by atoms with Crippen LogP contribution in [0.3, 0.4) is 0 Å². The first-order chi connectivity index (χ1) is 7.78. The van der Waals surface area contributed by atoms with Gasteiger partial charge in [0, 0.05) is 4.90 Å². The van der Waals surface area contributed by atoms with Gasteiger partial charge < -0.3 is 0 Å². The summed E-state index contributed by atoms with van der Waals surface area (Å²) in [6.07, 6.45) is 0. The van der Waals surface area contributed by atoms with Crippen LogP contribution in [0.25, 0.3) is 0 Å². The molecule has 0 aliphatic heterocycles. The number of benzene rings is 1. The summed E-state index contributed by atoms with van der Waals surface area (Å²) in [5, 5.41) is 9.24. The molecule has 16 heavy (non-hydrogen) atoms. The number of nitrogen functional groups attached to an aromatic ring is 1. The standard InChI is InChI=1S/C9H9FN4S2/c10-6-1-3-7(4-2-6)15-5-8-13-14-9(12-11)16-8/h1-4H,5,11H2,(H,12,14). The zero-order valence-corrected chi connectivity index (χ0v) is 9.82. The first kappa shape index (κ1) is 11.3. The van der Waals surface area contributed by atoms with Crippen LogP contribution in [0.15, 0.2) is 29.2 Å². The number of aromatic nitrogens is 2. The van der Waals surface area contributed by atoms with Crippen LogP contribution < -0.4 is 11.3 Å². The number of nitrogens with two attached hydrogens (primary N) is 1. The van der Waals surface area contributed by atoms with Gasteiger partial charge >= 0.3 is 0 Å². The first-order valence-electron chi connectivity index (χ1n) is 4.45. The summed E-state index contributed by atoms with van der Waals surface area (Å²) in [6, 6.07) is 6.36. The van der Waals surface area contributed by atoms with Crippen LogP contribution in [0.2, 0.25) is 0 Å². The van der Waals surface area contributed by atoms with Crippen LogP contribution in [-0.2, 0) is 5.75 Å². The summed E-state index contributed by atoms with van der Waals surface area (Å²) in [5.41, 5.74) is 2.44. The summed E-state index contributed by atoms with van der Waals surface area (Å²) >= 11 is 2.98. The second-order valence-corrected chi connectivity index (χ2v) is 5.00. The van der Waals surface area contributed by atoms with E-state index in [1.807, 2.05) is 0 Å². The van der Waals surface area contributed by atoms with Gasteiger partial charge in [0.15, 0.2) is 0 Å². The maximum atomic E-state index is 12.6. The van der Waals surface area contributed by atoms with Crippen LogP contribution in [-0.4, -0.2) is 10.2 Å². The maximum Gasteiger partial charge on any atom is 0.219 e. The lowest BCUT2D eigenvalue weighted by Gasteiger charge is -1.97. The van der Waals surface area contributed by atoms with Gasteiger partial charge in [0.25, 0.3) is 0 Å². The Morgan fingerprint density at radius 2 is 2.06 bits per heavy atom. The fourth-order valence-electron chi connectivity index (χ4n) is 1.05. The topological polar surface area (TPSA) is 63.8 Å². The lowest BCUT2D eigenvalue weighted by Crippen LogP contribution is -2.05. The quantitative estimate of drug-likeness (QED) is 0.499. The molecule has 0 spiro atoms. The molecule has 0 aliphatic carbocycles. The molecule has 0 atom stereocenters. The molecule has 0 bridgehead atoms. The summed E-state index contributed by atoms with van der Waals surface area (Å²) in [6.45, 7) is 0. The third-order valence-electron chi connectivity index (χ3n) is 1.77. The minimum atomic E-state index is -0.227. The molecular weight excluding hydrogens is 247 g/mol. The minimum Gasteiger partial charge on any atom is -0.298 e. The van der Waals surface area contributed by atoms with E-state index in [0.29, 0.717) is 10.9 Å². The number of thioether (sulfide) groups is 1. The van der Waals surface area contributed by atoms with Crippen LogP contribution in [0, 0.1) is 5.82 Å². The number of anilines is 1. The Bertz CT molecular complexity index is 457. The summed E-state index contributed by atoms with van der Waals surface area (Å²) < 4.78 is 12.6. The monoisotopic (exact) mass is 256 g/mol. The van der Waals surface area contributed by atoms with E-state index in [-0.39, 0.29) is 5.82 Å². The number of rotatable bonds is 4. The number of nitrogens with one attached hydrogen (secondary N) is 1. The molecule has 7 heteroatoms. The molecule has 0 fully saturated rings. The summed E-state index contributed by atoms with van der Waals surface area (Å²) in [4.78, 5) is 0.999. The predicted octanol–water partition coefficient (Wildman–Crippen LogP) is 2.26. The molecule has 3 N–H and O–H groups in total. The van der Waals surface area contributed by atoms with Crippen molar-refractivity contribution in [2.75, 3.05) is 5.43 Å². The zero-order valence-electron chi connectivity index (χ0n) is 8.18. The van der Waals surface area contributed by atoms with Gasteiger partial charge in [-0.3, -0.25) is 5.43 Å². The molecule has 0 aliphatic rings. The van der Waals surface area contributed by atoms with Crippen molar-refractivity contribution in [1.29, 1.82) is 0 Å². The van der Waals surface area contributed by atoms with E-state index >= 15 is 0 Å². The Morgan fingerprint density at radius 1 is 1.31 bits per heavy atom.